The molecule has 0 aliphatic rings. The van der Waals surface area contributed by atoms with Gasteiger partial charge in [-0.3, -0.25) is 9.59 Å². The van der Waals surface area contributed by atoms with Crippen molar-refractivity contribution in [2.24, 2.45) is 0 Å². The standard InChI is InChI=1S/C19H8F10O5/c20-9-5(10(21)14(25)17(28)13(9)24)4-33-6(30)2-1-3-7(31)34-19(32)8-11(22)15(26)18(29)16(27)12(8)23/h1-4H2. The Balaban J connectivity index is 1.91. The fourth-order valence-electron chi connectivity index (χ4n) is 2.37. The van der Waals surface area contributed by atoms with E-state index in [9.17, 15) is 58.3 Å². The first-order valence-electron chi connectivity index (χ1n) is 8.71. The Morgan fingerprint density at radius 3 is 1.38 bits per heavy atom. The summed E-state index contributed by atoms with van der Waals surface area (Å²) >= 11 is 0. The van der Waals surface area contributed by atoms with Crippen LogP contribution < -0.4 is 0 Å². The Morgan fingerprint density at radius 1 is 0.529 bits per heavy atom. The second-order valence-corrected chi connectivity index (χ2v) is 6.27. The van der Waals surface area contributed by atoms with Gasteiger partial charge >= 0.3 is 17.9 Å². The molecule has 2 aromatic rings. The average Bonchev–Trinajstić information content (AvgIpc) is 2.78. The van der Waals surface area contributed by atoms with Crippen LogP contribution in [0.25, 0.3) is 0 Å². The average molecular weight is 506 g/mol. The topological polar surface area (TPSA) is 69.7 Å². The summed E-state index contributed by atoms with van der Waals surface area (Å²) < 4.78 is 140. The maximum absolute atomic E-state index is 13.5. The number of ether oxygens (including phenoxy) is 2. The Labute approximate surface area is 181 Å². The van der Waals surface area contributed by atoms with Gasteiger partial charge in [0.1, 0.15) is 12.2 Å². The van der Waals surface area contributed by atoms with Crippen molar-refractivity contribution in [2.45, 2.75) is 25.9 Å². The van der Waals surface area contributed by atoms with Crippen LogP contribution in [0.4, 0.5) is 43.9 Å². The van der Waals surface area contributed by atoms with Crippen LogP contribution in [-0.2, 0) is 25.7 Å². The molecule has 0 amide bonds. The molecule has 184 valence electrons. The van der Waals surface area contributed by atoms with Crippen molar-refractivity contribution < 1.29 is 67.8 Å². The molecule has 0 spiro atoms. The van der Waals surface area contributed by atoms with Crippen molar-refractivity contribution in [3.63, 3.8) is 0 Å². The van der Waals surface area contributed by atoms with Crippen molar-refractivity contribution in [1.29, 1.82) is 0 Å². The van der Waals surface area contributed by atoms with Crippen molar-refractivity contribution in [2.75, 3.05) is 0 Å². The lowest BCUT2D eigenvalue weighted by Gasteiger charge is -2.09. The number of hydrogen-bond donors (Lipinski definition) is 0. The third-order valence-corrected chi connectivity index (χ3v) is 4.06. The lowest BCUT2D eigenvalue weighted by atomic mass is 10.1. The van der Waals surface area contributed by atoms with Gasteiger partial charge in [-0.2, -0.15) is 0 Å². The van der Waals surface area contributed by atoms with Crippen molar-refractivity contribution in [3.05, 3.63) is 69.3 Å². The summed E-state index contributed by atoms with van der Waals surface area (Å²) in [4.78, 5) is 34.6. The van der Waals surface area contributed by atoms with Gasteiger partial charge in [0.25, 0.3) is 0 Å². The van der Waals surface area contributed by atoms with Gasteiger partial charge in [-0.1, -0.05) is 0 Å². The van der Waals surface area contributed by atoms with E-state index in [2.05, 4.69) is 9.47 Å². The Hall–Kier alpha value is -3.65. The van der Waals surface area contributed by atoms with Crippen LogP contribution in [0.1, 0.15) is 35.2 Å². The highest BCUT2D eigenvalue weighted by atomic mass is 19.2. The number of carbonyl (C=O) groups excluding carboxylic acids is 3. The van der Waals surface area contributed by atoms with Crippen LogP contribution in [0.2, 0.25) is 0 Å². The summed E-state index contributed by atoms with van der Waals surface area (Å²) in [5.74, 6) is -29.1. The van der Waals surface area contributed by atoms with Crippen molar-refractivity contribution in [1.82, 2.24) is 0 Å². The number of hydrogen-bond acceptors (Lipinski definition) is 5. The minimum absolute atomic E-state index is 0.529. The van der Waals surface area contributed by atoms with E-state index in [4.69, 9.17) is 0 Å². The summed E-state index contributed by atoms with van der Waals surface area (Å²) in [5.41, 5.74) is -3.48. The van der Waals surface area contributed by atoms with E-state index in [0.29, 0.717) is 0 Å². The molecule has 2 aromatic carbocycles. The number of carbonyl (C=O) groups is 3. The quantitative estimate of drug-likeness (QED) is 0.180. The van der Waals surface area contributed by atoms with Crippen molar-refractivity contribution >= 4 is 17.9 Å². The first kappa shape index (κ1) is 26.6. The summed E-state index contributed by atoms with van der Waals surface area (Å²) in [6.07, 6.45) is -2.11. The minimum atomic E-state index is -2.55. The normalized spacial score (nSPS) is 10.9. The largest absolute Gasteiger partial charge is 0.461 e. The lowest BCUT2D eigenvalue weighted by molar-refractivity contribution is -0.145. The van der Waals surface area contributed by atoms with Gasteiger partial charge in [0, 0.05) is 12.8 Å². The Morgan fingerprint density at radius 2 is 0.912 bits per heavy atom. The zero-order valence-electron chi connectivity index (χ0n) is 16.1. The Kier molecular flexibility index (Phi) is 8.23. The maximum atomic E-state index is 13.5. The molecule has 0 bridgehead atoms. The molecule has 0 N–H and O–H groups in total. The van der Waals surface area contributed by atoms with Crippen LogP contribution in [0.5, 0.6) is 0 Å². The SMILES string of the molecule is O=C(CCCC(=O)OC(=O)c1c(F)c(F)c(F)c(F)c1F)OCc1c(F)c(F)c(F)c(F)c1F. The molecule has 0 saturated carbocycles. The molecule has 0 aliphatic carbocycles. The van der Waals surface area contributed by atoms with Gasteiger partial charge in [-0.15, -0.1) is 0 Å². The van der Waals surface area contributed by atoms with E-state index in [0.717, 1.165) is 0 Å². The molecule has 0 saturated heterocycles. The van der Waals surface area contributed by atoms with E-state index in [-0.39, 0.29) is 0 Å². The summed E-state index contributed by atoms with van der Waals surface area (Å²) in [5, 5.41) is 0. The zero-order valence-corrected chi connectivity index (χ0v) is 16.1. The molecule has 0 fully saturated rings. The predicted octanol–water partition coefficient (Wildman–Crippen LogP) is 4.67. The highest BCUT2D eigenvalue weighted by Crippen LogP contribution is 2.25. The number of rotatable bonds is 7. The van der Waals surface area contributed by atoms with Crippen molar-refractivity contribution in [3.8, 4) is 0 Å². The first-order chi connectivity index (χ1) is 15.8. The summed E-state index contributed by atoms with van der Waals surface area (Å²) in [7, 11) is 0. The van der Waals surface area contributed by atoms with E-state index < -0.39 is 113 Å². The summed E-state index contributed by atoms with van der Waals surface area (Å²) in [6.45, 7) is -1.37. The van der Waals surface area contributed by atoms with Gasteiger partial charge in [0.15, 0.2) is 46.5 Å². The lowest BCUT2D eigenvalue weighted by Crippen LogP contribution is -2.18. The number of esters is 3. The summed E-state index contributed by atoms with van der Waals surface area (Å²) in [6, 6.07) is 0. The predicted molar refractivity (Wildman–Crippen MR) is 86.5 cm³/mol. The maximum Gasteiger partial charge on any atom is 0.352 e. The van der Waals surface area contributed by atoms with Crippen LogP contribution in [0.3, 0.4) is 0 Å². The van der Waals surface area contributed by atoms with Crippen LogP contribution >= 0.6 is 0 Å². The second-order valence-electron chi connectivity index (χ2n) is 6.27. The van der Waals surface area contributed by atoms with Gasteiger partial charge < -0.3 is 9.47 Å². The monoisotopic (exact) mass is 506 g/mol. The fraction of sp³-hybridized carbons (Fsp3) is 0.211. The molecule has 0 atom stereocenters. The molecule has 15 heteroatoms. The zero-order chi connectivity index (χ0) is 25.9. The minimum Gasteiger partial charge on any atom is -0.461 e. The van der Waals surface area contributed by atoms with Crippen LogP contribution in [0.15, 0.2) is 0 Å². The molecule has 5 nitrogen and oxygen atoms in total. The third kappa shape index (κ3) is 5.28. The molecule has 0 unspecified atom stereocenters. The van der Waals surface area contributed by atoms with Gasteiger partial charge in [0.2, 0.25) is 11.6 Å². The molecule has 0 radical (unpaired) electrons. The molecule has 0 aromatic heterocycles. The van der Waals surface area contributed by atoms with Gasteiger partial charge in [-0.25, -0.2) is 48.7 Å². The number of benzene rings is 2. The molecular weight excluding hydrogens is 498 g/mol. The third-order valence-electron chi connectivity index (χ3n) is 4.06. The number of halogens is 10. The smallest absolute Gasteiger partial charge is 0.352 e. The van der Waals surface area contributed by atoms with E-state index in [1.165, 1.54) is 0 Å². The van der Waals surface area contributed by atoms with E-state index >= 15 is 0 Å². The molecule has 34 heavy (non-hydrogen) atoms. The molecule has 0 aliphatic heterocycles. The molecular formula is C19H8F10O5. The molecule has 0 heterocycles. The highest BCUT2D eigenvalue weighted by molar-refractivity contribution is 5.97. The van der Waals surface area contributed by atoms with Gasteiger partial charge in [-0.05, 0) is 6.42 Å². The van der Waals surface area contributed by atoms with Crippen LogP contribution in [-0.4, -0.2) is 17.9 Å². The first-order valence-corrected chi connectivity index (χ1v) is 8.71. The van der Waals surface area contributed by atoms with Crippen LogP contribution in [0, 0.1) is 58.2 Å². The second kappa shape index (κ2) is 10.5. The highest BCUT2D eigenvalue weighted by Gasteiger charge is 2.32. The van der Waals surface area contributed by atoms with E-state index in [1.54, 1.807) is 0 Å². The molecule has 2 rings (SSSR count). The Bertz CT molecular complexity index is 1120. The van der Waals surface area contributed by atoms with Gasteiger partial charge in [0.05, 0.1) is 5.56 Å². The fourth-order valence-corrected chi connectivity index (χ4v) is 2.37. The van der Waals surface area contributed by atoms with E-state index in [1.807, 2.05) is 0 Å².